The summed E-state index contributed by atoms with van der Waals surface area (Å²) in [4.78, 5) is 13.9. The number of sulfonamides is 1. The van der Waals surface area contributed by atoms with Crippen LogP contribution >= 0.6 is 0 Å². The van der Waals surface area contributed by atoms with Gasteiger partial charge in [-0.25, -0.2) is 30.7 Å². The highest BCUT2D eigenvalue weighted by atomic mass is 32.2. The van der Waals surface area contributed by atoms with Crippen LogP contribution in [0.4, 0.5) is 28.9 Å². The number of hydrogen-bond donors (Lipinski definition) is 2. The zero-order valence-corrected chi connectivity index (χ0v) is 21.4. The lowest BCUT2D eigenvalue weighted by molar-refractivity contribution is -0.120. The molecule has 1 aliphatic heterocycles. The highest BCUT2D eigenvalue weighted by Crippen LogP contribution is 2.36. The molecule has 0 spiro atoms. The van der Waals surface area contributed by atoms with Gasteiger partial charge in [-0.2, -0.15) is 0 Å². The predicted octanol–water partition coefficient (Wildman–Crippen LogP) is 4.07. The predicted molar refractivity (Wildman–Crippen MR) is 125 cm³/mol. The molecule has 35 heavy (non-hydrogen) atoms. The molecule has 12 heteroatoms. The van der Waals surface area contributed by atoms with Crippen LogP contribution < -0.4 is 14.9 Å². The third kappa shape index (κ3) is 5.91. The first-order valence-electron chi connectivity index (χ1n) is 11.7. The van der Waals surface area contributed by atoms with Crippen molar-refractivity contribution in [2.24, 2.45) is 5.92 Å². The smallest absolute Gasteiger partial charge is 0.227 e. The first-order valence-corrected chi connectivity index (χ1v) is 13.2. The van der Waals surface area contributed by atoms with Gasteiger partial charge in [0.15, 0.2) is 23.3 Å². The molecule has 198 valence electrons. The first kappa shape index (κ1) is 27.7. The van der Waals surface area contributed by atoms with Crippen molar-refractivity contribution in [2.45, 2.75) is 83.3 Å². The number of rotatable bonds is 5. The molecule has 3 rings (SSSR count). The molecule has 1 aromatic rings. The van der Waals surface area contributed by atoms with E-state index in [4.69, 9.17) is 4.74 Å². The van der Waals surface area contributed by atoms with Gasteiger partial charge in [-0.15, -0.1) is 0 Å². The molecule has 1 aliphatic carbocycles. The molecular formula is C23H33F4N3O4S. The Morgan fingerprint density at radius 1 is 0.914 bits per heavy atom. The summed E-state index contributed by atoms with van der Waals surface area (Å²) in [6.45, 7) is 8.17. The normalized spacial score (nSPS) is 26.0. The average molecular weight is 524 g/mol. The number of hydrogen-bond acceptors (Lipinski definition) is 5. The number of benzene rings is 1. The minimum Gasteiger partial charge on any atom is -0.372 e. The van der Waals surface area contributed by atoms with Crippen LogP contribution in [0, 0.1) is 29.2 Å². The van der Waals surface area contributed by atoms with Gasteiger partial charge in [-0.1, -0.05) is 0 Å². The summed E-state index contributed by atoms with van der Waals surface area (Å²) in [5, 5.41) is 2.01. The summed E-state index contributed by atoms with van der Waals surface area (Å²) in [6, 6.07) is -0.371. The molecule has 1 unspecified atom stereocenters. The second-order valence-electron chi connectivity index (χ2n) is 10.4. The minimum absolute atomic E-state index is 0.0466. The van der Waals surface area contributed by atoms with E-state index in [-0.39, 0.29) is 32.0 Å². The van der Waals surface area contributed by atoms with E-state index in [1.807, 2.05) is 5.32 Å². The van der Waals surface area contributed by atoms with E-state index in [2.05, 4.69) is 4.72 Å². The molecular weight excluding hydrogens is 490 g/mol. The molecule has 2 fully saturated rings. The van der Waals surface area contributed by atoms with Gasteiger partial charge in [0.25, 0.3) is 0 Å². The number of carbonyl (C=O) groups excluding carboxylic acids is 1. The molecule has 0 bridgehead atoms. The molecule has 1 aromatic carbocycles. The number of nitrogens with zero attached hydrogens (tertiary/aromatic N) is 1. The molecule has 2 atom stereocenters. The summed E-state index contributed by atoms with van der Waals surface area (Å²) in [7, 11) is -3.57. The van der Waals surface area contributed by atoms with Crippen molar-refractivity contribution in [3.63, 3.8) is 0 Å². The van der Waals surface area contributed by atoms with Crippen LogP contribution in [0.2, 0.25) is 0 Å². The lowest BCUT2D eigenvalue weighted by atomic mass is 9.86. The maximum absolute atomic E-state index is 14.9. The molecule has 1 saturated carbocycles. The maximum atomic E-state index is 14.9. The summed E-state index contributed by atoms with van der Waals surface area (Å²) >= 11 is 0. The zero-order chi connectivity index (χ0) is 26.3. The summed E-state index contributed by atoms with van der Waals surface area (Å²) in [5.74, 6) is -7.98. The Bertz CT molecular complexity index is 1030. The summed E-state index contributed by atoms with van der Waals surface area (Å²) in [6.07, 6.45) is 0.385. The number of halogens is 4. The number of nitrogens with one attached hydrogen (secondary N) is 2. The molecule has 0 aromatic heterocycles. The van der Waals surface area contributed by atoms with Gasteiger partial charge in [0.1, 0.15) is 11.4 Å². The second kappa shape index (κ2) is 10.2. The maximum Gasteiger partial charge on any atom is 0.227 e. The van der Waals surface area contributed by atoms with Crippen LogP contribution in [0.15, 0.2) is 0 Å². The highest BCUT2D eigenvalue weighted by Gasteiger charge is 2.36. The van der Waals surface area contributed by atoms with Crippen molar-refractivity contribution in [1.82, 2.24) is 4.72 Å². The molecule has 2 aliphatic rings. The SMILES string of the molecule is CC1CN(c2c(F)c(F)c(NC(=O)[C@H]3CC[C@H](NS(=O)(=O)C(C)(C)C)CC3)c(F)c2F)C[C@H](C)O1. The number of ether oxygens (including phenoxy) is 1. The lowest BCUT2D eigenvalue weighted by Crippen LogP contribution is -2.46. The fourth-order valence-corrected chi connectivity index (χ4v) is 5.49. The van der Waals surface area contributed by atoms with Gasteiger partial charge >= 0.3 is 0 Å². The Labute approximate surface area is 203 Å². The number of carbonyl (C=O) groups is 1. The molecule has 0 radical (unpaired) electrons. The highest BCUT2D eigenvalue weighted by molar-refractivity contribution is 7.90. The Morgan fingerprint density at radius 3 is 1.86 bits per heavy atom. The fourth-order valence-electron chi connectivity index (χ4n) is 4.46. The van der Waals surface area contributed by atoms with E-state index in [0.717, 1.165) is 0 Å². The fraction of sp³-hybridized carbons (Fsp3) is 0.696. The van der Waals surface area contributed by atoms with Gasteiger partial charge in [0.05, 0.1) is 17.0 Å². The van der Waals surface area contributed by atoms with Crippen molar-refractivity contribution < 1.29 is 35.5 Å². The Kier molecular flexibility index (Phi) is 8.07. The third-order valence-electron chi connectivity index (χ3n) is 6.45. The van der Waals surface area contributed by atoms with E-state index in [1.54, 1.807) is 34.6 Å². The number of anilines is 2. The van der Waals surface area contributed by atoms with Crippen molar-refractivity contribution in [3.05, 3.63) is 23.3 Å². The average Bonchev–Trinajstić information content (AvgIpc) is 2.74. The Hall–Kier alpha value is -1.92. The number of amides is 1. The van der Waals surface area contributed by atoms with Crippen LogP contribution in [-0.4, -0.2) is 50.4 Å². The van der Waals surface area contributed by atoms with Crippen LogP contribution in [0.1, 0.15) is 60.3 Å². The topological polar surface area (TPSA) is 87.7 Å². The van der Waals surface area contributed by atoms with Gasteiger partial charge in [0, 0.05) is 25.0 Å². The van der Waals surface area contributed by atoms with Crippen LogP contribution in [0.25, 0.3) is 0 Å². The third-order valence-corrected chi connectivity index (χ3v) is 8.71. The minimum atomic E-state index is -3.57. The van der Waals surface area contributed by atoms with Gasteiger partial charge < -0.3 is 15.0 Å². The summed E-state index contributed by atoms with van der Waals surface area (Å²) in [5.41, 5.74) is -2.00. The van der Waals surface area contributed by atoms with Crippen molar-refractivity contribution in [3.8, 4) is 0 Å². The van der Waals surface area contributed by atoms with E-state index in [0.29, 0.717) is 12.8 Å². The van der Waals surface area contributed by atoms with Crippen molar-refractivity contribution in [1.29, 1.82) is 0 Å². The monoisotopic (exact) mass is 523 g/mol. The first-order chi connectivity index (χ1) is 16.1. The lowest BCUT2D eigenvalue weighted by Gasteiger charge is -2.37. The van der Waals surface area contributed by atoms with Crippen molar-refractivity contribution >= 4 is 27.3 Å². The second-order valence-corrected chi connectivity index (χ2v) is 12.9. The molecule has 1 heterocycles. The standard InChI is InChI=1S/C23H33F4N3O4S/c1-12-10-30(11-13(2)34-12)21-18(26)16(24)20(17(25)19(21)27)28-22(31)14-6-8-15(9-7-14)29-35(32,33)23(3,4)5/h12-15,29H,6-11H2,1-5H3,(H,28,31)/t12-,13?,14-,15-/m0/s1. The molecule has 1 amide bonds. The quantitative estimate of drug-likeness (QED) is 0.449. The van der Waals surface area contributed by atoms with Crippen LogP contribution in [-0.2, 0) is 19.6 Å². The van der Waals surface area contributed by atoms with E-state index < -0.39 is 73.4 Å². The summed E-state index contributed by atoms with van der Waals surface area (Å²) < 4.78 is 91.2. The van der Waals surface area contributed by atoms with Gasteiger partial charge in [-0.3, -0.25) is 4.79 Å². The molecule has 7 nitrogen and oxygen atoms in total. The molecule has 2 N–H and O–H groups in total. The number of morpholine rings is 1. The van der Waals surface area contributed by atoms with E-state index >= 15 is 0 Å². The largest absolute Gasteiger partial charge is 0.372 e. The van der Waals surface area contributed by atoms with Gasteiger partial charge in [0.2, 0.25) is 15.9 Å². The van der Waals surface area contributed by atoms with E-state index in [1.165, 1.54) is 4.90 Å². The van der Waals surface area contributed by atoms with Crippen LogP contribution in [0.5, 0.6) is 0 Å². The Morgan fingerprint density at radius 2 is 1.40 bits per heavy atom. The Balaban J connectivity index is 1.71. The van der Waals surface area contributed by atoms with Gasteiger partial charge in [-0.05, 0) is 60.3 Å². The zero-order valence-electron chi connectivity index (χ0n) is 20.6. The van der Waals surface area contributed by atoms with E-state index in [9.17, 15) is 30.8 Å². The van der Waals surface area contributed by atoms with Crippen molar-refractivity contribution in [2.75, 3.05) is 23.3 Å². The molecule has 1 saturated heterocycles. The van der Waals surface area contributed by atoms with Crippen LogP contribution in [0.3, 0.4) is 0 Å².